The summed E-state index contributed by atoms with van der Waals surface area (Å²) in [5.41, 5.74) is 14.7. The highest BCUT2D eigenvalue weighted by Gasteiger charge is 2.08. The van der Waals surface area contributed by atoms with Crippen LogP contribution in [0.25, 0.3) is 0 Å². The molecule has 0 spiro atoms. The van der Waals surface area contributed by atoms with E-state index in [0.29, 0.717) is 18.1 Å². The van der Waals surface area contributed by atoms with E-state index in [1.807, 2.05) is 14.1 Å². The largest absolute Gasteiger partial charge is 0.384 e. The average molecular weight is 231 g/mol. The smallest absolute Gasteiger partial charge is 0.150 e. The standard InChI is InChI=1S/C12H17N5/c1-17(2)9-5-3-8(4-6-9)7-10-11(13)15-16-12(10)14/h3-6H,7H2,1-2H3,(H5,13,14,15,16). The molecule has 0 saturated carbocycles. The Kier molecular flexibility index (Phi) is 2.91. The Morgan fingerprint density at radius 3 is 2.29 bits per heavy atom. The SMILES string of the molecule is CN(C)c1ccc(Cc2c(N)n[nH]c2N)cc1. The number of nitrogens with two attached hydrogens (primary N) is 2. The summed E-state index contributed by atoms with van der Waals surface area (Å²) >= 11 is 0. The van der Waals surface area contributed by atoms with Crippen molar-refractivity contribution in [2.45, 2.75) is 6.42 Å². The Bertz CT molecular complexity index is 479. The molecule has 0 radical (unpaired) electrons. The Hall–Kier alpha value is -2.17. The molecule has 0 aliphatic rings. The summed E-state index contributed by atoms with van der Waals surface area (Å²) < 4.78 is 0. The molecule has 1 aromatic carbocycles. The average Bonchev–Trinajstić information content (AvgIpc) is 2.61. The minimum Gasteiger partial charge on any atom is -0.384 e. The van der Waals surface area contributed by atoms with E-state index in [2.05, 4.69) is 39.4 Å². The Morgan fingerprint density at radius 1 is 1.18 bits per heavy atom. The molecular weight excluding hydrogens is 214 g/mol. The fourth-order valence-corrected chi connectivity index (χ4v) is 1.70. The van der Waals surface area contributed by atoms with Gasteiger partial charge in [0.25, 0.3) is 0 Å². The normalized spacial score (nSPS) is 10.5. The number of nitrogen functional groups attached to an aromatic ring is 2. The molecule has 2 aromatic rings. The quantitative estimate of drug-likeness (QED) is 0.742. The number of nitrogens with one attached hydrogen (secondary N) is 1. The lowest BCUT2D eigenvalue weighted by atomic mass is 10.1. The van der Waals surface area contributed by atoms with Gasteiger partial charge in [0.05, 0.1) is 0 Å². The monoisotopic (exact) mass is 231 g/mol. The topological polar surface area (TPSA) is 84.0 Å². The molecule has 17 heavy (non-hydrogen) atoms. The molecule has 0 amide bonds. The van der Waals surface area contributed by atoms with Crippen LogP contribution in [0, 0.1) is 0 Å². The molecular formula is C12H17N5. The molecule has 2 rings (SSSR count). The van der Waals surface area contributed by atoms with E-state index in [4.69, 9.17) is 11.5 Å². The molecule has 1 aromatic heterocycles. The van der Waals surface area contributed by atoms with Crippen LogP contribution in [0.4, 0.5) is 17.3 Å². The fraction of sp³-hybridized carbons (Fsp3) is 0.250. The maximum Gasteiger partial charge on any atom is 0.150 e. The lowest BCUT2D eigenvalue weighted by Gasteiger charge is -2.12. The van der Waals surface area contributed by atoms with Crippen molar-refractivity contribution < 1.29 is 0 Å². The van der Waals surface area contributed by atoms with Crippen LogP contribution in [0.3, 0.4) is 0 Å². The van der Waals surface area contributed by atoms with Gasteiger partial charge in [0, 0.05) is 31.8 Å². The highest BCUT2D eigenvalue weighted by molar-refractivity contribution is 5.56. The number of aromatic amines is 1. The van der Waals surface area contributed by atoms with Gasteiger partial charge in [-0.2, -0.15) is 5.10 Å². The van der Waals surface area contributed by atoms with Crippen molar-refractivity contribution >= 4 is 17.3 Å². The highest BCUT2D eigenvalue weighted by atomic mass is 15.2. The number of nitrogens with zero attached hydrogens (tertiary/aromatic N) is 2. The van der Waals surface area contributed by atoms with Gasteiger partial charge in [-0.3, -0.25) is 5.10 Å². The van der Waals surface area contributed by atoms with Crippen LogP contribution in [0.1, 0.15) is 11.1 Å². The van der Waals surface area contributed by atoms with Gasteiger partial charge >= 0.3 is 0 Å². The van der Waals surface area contributed by atoms with Gasteiger partial charge < -0.3 is 16.4 Å². The number of benzene rings is 1. The Morgan fingerprint density at radius 2 is 1.82 bits per heavy atom. The molecule has 0 bridgehead atoms. The second kappa shape index (κ2) is 4.37. The predicted molar refractivity (Wildman–Crippen MR) is 71.0 cm³/mol. The number of rotatable bonds is 3. The minimum absolute atomic E-state index is 0.471. The number of H-pyrrole nitrogens is 1. The van der Waals surface area contributed by atoms with Gasteiger partial charge in [-0.1, -0.05) is 12.1 Å². The van der Waals surface area contributed by atoms with E-state index in [-0.39, 0.29) is 0 Å². The molecule has 0 saturated heterocycles. The van der Waals surface area contributed by atoms with E-state index in [1.54, 1.807) is 0 Å². The summed E-state index contributed by atoms with van der Waals surface area (Å²) in [4.78, 5) is 2.06. The molecule has 0 unspecified atom stereocenters. The third-order valence-electron chi connectivity index (χ3n) is 2.76. The molecule has 0 atom stereocenters. The van der Waals surface area contributed by atoms with Crippen molar-refractivity contribution in [2.24, 2.45) is 0 Å². The van der Waals surface area contributed by atoms with Crippen LogP contribution in [-0.2, 0) is 6.42 Å². The third-order valence-corrected chi connectivity index (χ3v) is 2.76. The fourth-order valence-electron chi connectivity index (χ4n) is 1.70. The third kappa shape index (κ3) is 2.33. The van der Waals surface area contributed by atoms with Crippen LogP contribution < -0.4 is 16.4 Å². The lowest BCUT2D eigenvalue weighted by Crippen LogP contribution is -2.08. The second-order valence-corrected chi connectivity index (χ2v) is 4.24. The van der Waals surface area contributed by atoms with E-state index in [0.717, 1.165) is 11.1 Å². The lowest BCUT2D eigenvalue weighted by molar-refractivity contribution is 1.11. The van der Waals surface area contributed by atoms with Crippen LogP contribution >= 0.6 is 0 Å². The maximum atomic E-state index is 5.76. The van der Waals surface area contributed by atoms with Crippen molar-refractivity contribution in [3.63, 3.8) is 0 Å². The number of anilines is 3. The van der Waals surface area contributed by atoms with Gasteiger partial charge in [0.2, 0.25) is 0 Å². The van der Waals surface area contributed by atoms with Gasteiger partial charge in [0.1, 0.15) is 5.82 Å². The first-order chi connectivity index (χ1) is 8.08. The minimum atomic E-state index is 0.471. The number of hydrogen-bond donors (Lipinski definition) is 3. The summed E-state index contributed by atoms with van der Waals surface area (Å²) in [6.07, 6.45) is 0.696. The summed E-state index contributed by atoms with van der Waals surface area (Å²) in [5.74, 6) is 1.01. The summed E-state index contributed by atoms with van der Waals surface area (Å²) in [6.45, 7) is 0. The Labute approximate surface area is 100 Å². The van der Waals surface area contributed by atoms with Crippen LogP contribution in [0.2, 0.25) is 0 Å². The zero-order chi connectivity index (χ0) is 12.4. The van der Waals surface area contributed by atoms with Gasteiger partial charge in [-0.05, 0) is 17.7 Å². The predicted octanol–water partition coefficient (Wildman–Crippen LogP) is 1.23. The van der Waals surface area contributed by atoms with Gasteiger partial charge in [0.15, 0.2) is 5.82 Å². The molecule has 0 aliphatic carbocycles. The van der Waals surface area contributed by atoms with Crippen LogP contribution in [0.15, 0.2) is 24.3 Å². The Balaban J connectivity index is 2.19. The van der Waals surface area contributed by atoms with Gasteiger partial charge in [-0.25, -0.2) is 0 Å². The zero-order valence-electron chi connectivity index (χ0n) is 10.1. The van der Waals surface area contributed by atoms with Crippen LogP contribution in [-0.4, -0.2) is 24.3 Å². The number of hydrogen-bond acceptors (Lipinski definition) is 4. The molecule has 5 heteroatoms. The van der Waals surface area contributed by atoms with E-state index in [1.165, 1.54) is 5.69 Å². The van der Waals surface area contributed by atoms with Crippen LogP contribution in [0.5, 0.6) is 0 Å². The van der Waals surface area contributed by atoms with Crippen molar-refractivity contribution in [3.05, 3.63) is 35.4 Å². The summed E-state index contributed by atoms with van der Waals surface area (Å²) in [6, 6.07) is 8.28. The molecule has 0 fully saturated rings. The van der Waals surface area contributed by atoms with Crippen molar-refractivity contribution in [3.8, 4) is 0 Å². The van der Waals surface area contributed by atoms with Gasteiger partial charge in [-0.15, -0.1) is 0 Å². The van der Waals surface area contributed by atoms with E-state index >= 15 is 0 Å². The second-order valence-electron chi connectivity index (χ2n) is 4.24. The number of aromatic nitrogens is 2. The molecule has 5 N–H and O–H groups in total. The molecule has 90 valence electrons. The molecule has 1 heterocycles. The zero-order valence-corrected chi connectivity index (χ0v) is 10.1. The maximum absolute atomic E-state index is 5.76. The first-order valence-corrected chi connectivity index (χ1v) is 5.42. The first kappa shape index (κ1) is 11.3. The van der Waals surface area contributed by atoms with Crippen molar-refractivity contribution in [2.75, 3.05) is 30.5 Å². The summed E-state index contributed by atoms with van der Waals surface area (Å²) in [5, 5.41) is 6.56. The first-order valence-electron chi connectivity index (χ1n) is 5.42. The molecule has 0 aliphatic heterocycles. The summed E-state index contributed by atoms with van der Waals surface area (Å²) in [7, 11) is 4.03. The highest BCUT2D eigenvalue weighted by Crippen LogP contribution is 2.21. The van der Waals surface area contributed by atoms with Crippen molar-refractivity contribution in [1.29, 1.82) is 0 Å². The van der Waals surface area contributed by atoms with Crippen molar-refractivity contribution in [1.82, 2.24) is 10.2 Å². The molecule has 5 nitrogen and oxygen atoms in total. The van der Waals surface area contributed by atoms with E-state index in [9.17, 15) is 0 Å². The van der Waals surface area contributed by atoms with E-state index < -0.39 is 0 Å².